The molecule has 1 heterocycles. The Kier molecular flexibility index (Phi) is 9.15. The number of aliphatic imine (C=N–C) groups is 1. The molecule has 0 aliphatic carbocycles. The van der Waals surface area contributed by atoms with Crippen molar-refractivity contribution in [3.63, 3.8) is 0 Å². The van der Waals surface area contributed by atoms with Gasteiger partial charge in [0.1, 0.15) is 11.6 Å². The van der Waals surface area contributed by atoms with Crippen molar-refractivity contribution in [3.8, 4) is 11.5 Å². The molecule has 0 atom stereocenters. The van der Waals surface area contributed by atoms with Crippen LogP contribution in [0.4, 0.5) is 8.78 Å². The first-order valence-corrected chi connectivity index (χ1v) is 9.39. The standard InChI is InChI=1S/C21H23F2N5O.HI/c1-3-5-19-27-20(29-28-19)15-7-4-6-14(10-15)12-25-21(24-2)26-13-16-11-17(22)8-9-18(16)23;/h4,6-11H,3,5,12-13H2,1-2H3,(H2,24,25,26);1H. The molecule has 0 bridgehead atoms. The summed E-state index contributed by atoms with van der Waals surface area (Å²) in [6.45, 7) is 2.66. The number of benzene rings is 2. The second kappa shape index (κ2) is 11.6. The van der Waals surface area contributed by atoms with Gasteiger partial charge in [-0.2, -0.15) is 4.98 Å². The van der Waals surface area contributed by atoms with E-state index >= 15 is 0 Å². The van der Waals surface area contributed by atoms with E-state index in [9.17, 15) is 8.78 Å². The number of hydrogen-bond acceptors (Lipinski definition) is 4. The average molecular weight is 527 g/mol. The van der Waals surface area contributed by atoms with Gasteiger partial charge in [0.25, 0.3) is 5.89 Å². The van der Waals surface area contributed by atoms with Gasteiger partial charge in [0.2, 0.25) is 0 Å². The fourth-order valence-electron chi connectivity index (χ4n) is 2.77. The summed E-state index contributed by atoms with van der Waals surface area (Å²) in [6, 6.07) is 11.1. The summed E-state index contributed by atoms with van der Waals surface area (Å²) < 4.78 is 32.4. The van der Waals surface area contributed by atoms with Gasteiger partial charge >= 0.3 is 0 Å². The molecule has 3 rings (SSSR count). The Balaban J connectivity index is 0.00000320. The first-order chi connectivity index (χ1) is 14.1. The molecule has 2 aromatic carbocycles. The van der Waals surface area contributed by atoms with Crippen LogP contribution in [-0.2, 0) is 19.5 Å². The van der Waals surface area contributed by atoms with Gasteiger partial charge in [-0.05, 0) is 42.3 Å². The summed E-state index contributed by atoms with van der Waals surface area (Å²) in [5.41, 5.74) is 2.05. The molecule has 0 radical (unpaired) electrons. The van der Waals surface area contributed by atoms with Gasteiger partial charge in [-0.15, -0.1) is 24.0 Å². The lowest BCUT2D eigenvalue weighted by Crippen LogP contribution is -2.36. The normalized spacial score (nSPS) is 11.1. The molecule has 0 aliphatic rings. The molecule has 160 valence electrons. The topological polar surface area (TPSA) is 75.3 Å². The van der Waals surface area contributed by atoms with Crippen molar-refractivity contribution in [2.24, 2.45) is 4.99 Å². The second-order valence-electron chi connectivity index (χ2n) is 6.48. The molecule has 0 aliphatic heterocycles. The van der Waals surface area contributed by atoms with E-state index in [1.54, 1.807) is 7.05 Å². The molecule has 0 amide bonds. The predicted molar refractivity (Wildman–Crippen MR) is 123 cm³/mol. The van der Waals surface area contributed by atoms with Crippen LogP contribution in [-0.4, -0.2) is 23.1 Å². The molecule has 1 aromatic heterocycles. The van der Waals surface area contributed by atoms with Crippen LogP contribution in [0.15, 0.2) is 52.0 Å². The van der Waals surface area contributed by atoms with Crippen LogP contribution >= 0.6 is 24.0 Å². The molecule has 0 fully saturated rings. The molecule has 30 heavy (non-hydrogen) atoms. The Bertz CT molecular complexity index is 993. The third-order valence-corrected chi connectivity index (χ3v) is 4.25. The van der Waals surface area contributed by atoms with Crippen molar-refractivity contribution in [1.29, 1.82) is 0 Å². The monoisotopic (exact) mass is 527 g/mol. The summed E-state index contributed by atoms with van der Waals surface area (Å²) in [6.07, 6.45) is 1.73. The van der Waals surface area contributed by atoms with E-state index in [4.69, 9.17) is 4.52 Å². The molecule has 9 heteroatoms. The Morgan fingerprint density at radius 3 is 2.67 bits per heavy atom. The van der Waals surface area contributed by atoms with Crippen LogP contribution in [0.3, 0.4) is 0 Å². The van der Waals surface area contributed by atoms with Crippen molar-refractivity contribution in [1.82, 2.24) is 20.8 Å². The van der Waals surface area contributed by atoms with Gasteiger partial charge in [0.15, 0.2) is 11.8 Å². The van der Waals surface area contributed by atoms with Crippen LogP contribution in [0, 0.1) is 11.6 Å². The highest BCUT2D eigenvalue weighted by atomic mass is 127. The van der Waals surface area contributed by atoms with Crippen molar-refractivity contribution in [2.75, 3.05) is 7.05 Å². The van der Waals surface area contributed by atoms with Gasteiger partial charge in [-0.25, -0.2) is 8.78 Å². The SMILES string of the molecule is CCCc1noc(-c2cccc(CNC(=NC)NCc3cc(F)ccc3F)c2)n1.I. The first-order valence-electron chi connectivity index (χ1n) is 9.39. The lowest BCUT2D eigenvalue weighted by molar-refractivity contribution is 0.422. The molecular weight excluding hydrogens is 503 g/mol. The van der Waals surface area contributed by atoms with Gasteiger partial charge in [0, 0.05) is 37.7 Å². The molecular formula is C21H24F2IN5O. The van der Waals surface area contributed by atoms with Gasteiger partial charge < -0.3 is 15.2 Å². The zero-order valence-corrected chi connectivity index (χ0v) is 19.1. The molecule has 6 nitrogen and oxygen atoms in total. The summed E-state index contributed by atoms with van der Waals surface area (Å²) in [7, 11) is 1.61. The maximum Gasteiger partial charge on any atom is 0.257 e. The Morgan fingerprint density at radius 2 is 1.90 bits per heavy atom. The quantitative estimate of drug-likeness (QED) is 0.270. The lowest BCUT2D eigenvalue weighted by Gasteiger charge is -2.13. The molecule has 0 unspecified atom stereocenters. The highest BCUT2D eigenvalue weighted by Crippen LogP contribution is 2.19. The average Bonchev–Trinajstić information content (AvgIpc) is 3.20. The fourth-order valence-corrected chi connectivity index (χ4v) is 2.77. The number of aromatic nitrogens is 2. The largest absolute Gasteiger partial charge is 0.352 e. The number of halogens is 3. The smallest absolute Gasteiger partial charge is 0.257 e. The first kappa shape index (κ1) is 23.7. The molecule has 2 N–H and O–H groups in total. The van der Waals surface area contributed by atoms with E-state index in [-0.39, 0.29) is 36.1 Å². The van der Waals surface area contributed by atoms with Crippen LogP contribution < -0.4 is 10.6 Å². The van der Waals surface area contributed by atoms with Gasteiger partial charge in [0.05, 0.1) is 0 Å². The van der Waals surface area contributed by atoms with E-state index in [0.717, 1.165) is 42.2 Å². The highest BCUT2D eigenvalue weighted by molar-refractivity contribution is 14.0. The Morgan fingerprint density at radius 1 is 1.10 bits per heavy atom. The molecule has 0 spiro atoms. The number of rotatable bonds is 7. The van der Waals surface area contributed by atoms with Crippen molar-refractivity contribution in [3.05, 3.63) is 71.1 Å². The van der Waals surface area contributed by atoms with Crippen LogP contribution in [0.5, 0.6) is 0 Å². The minimum atomic E-state index is -0.480. The van der Waals surface area contributed by atoms with Crippen molar-refractivity contribution in [2.45, 2.75) is 32.9 Å². The highest BCUT2D eigenvalue weighted by Gasteiger charge is 2.09. The van der Waals surface area contributed by atoms with Gasteiger partial charge in [-0.1, -0.05) is 24.2 Å². The summed E-state index contributed by atoms with van der Waals surface area (Å²) >= 11 is 0. The number of guanidine groups is 1. The Hall–Kier alpha value is -2.56. The second-order valence-corrected chi connectivity index (χ2v) is 6.48. The summed E-state index contributed by atoms with van der Waals surface area (Å²) in [4.78, 5) is 8.51. The van der Waals surface area contributed by atoms with Gasteiger partial charge in [-0.3, -0.25) is 4.99 Å². The molecule has 3 aromatic rings. The Labute approximate surface area is 191 Å². The van der Waals surface area contributed by atoms with E-state index in [2.05, 4.69) is 32.7 Å². The zero-order valence-electron chi connectivity index (χ0n) is 16.8. The van der Waals surface area contributed by atoms with Crippen LogP contribution in [0.1, 0.15) is 30.3 Å². The van der Waals surface area contributed by atoms with Crippen molar-refractivity contribution < 1.29 is 13.3 Å². The van der Waals surface area contributed by atoms with E-state index in [1.165, 1.54) is 0 Å². The van der Waals surface area contributed by atoms with Crippen molar-refractivity contribution >= 4 is 29.9 Å². The van der Waals surface area contributed by atoms with E-state index in [0.29, 0.717) is 24.2 Å². The number of hydrogen-bond donors (Lipinski definition) is 2. The molecule has 0 saturated carbocycles. The summed E-state index contributed by atoms with van der Waals surface area (Å²) in [5.74, 6) is 0.705. The number of nitrogens with zero attached hydrogens (tertiary/aromatic N) is 3. The lowest BCUT2D eigenvalue weighted by atomic mass is 10.1. The zero-order chi connectivity index (χ0) is 20.6. The maximum absolute atomic E-state index is 13.7. The molecule has 0 saturated heterocycles. The maximum atomic E-state index is 13.7. The fraction of sp³-hybridized carbons (Fsp3) is 0.286. The van der Waals surface area contributed by atoms with E-state index < -0.39 is 11.6 Å². The summed E-state index contributed by atoms with van der Waals surface area (Å²) in [5, 5.41) is 10.1. The minimum absolute atomic E-state index is 0. The minimum Gasteiger partial charge on any atom is -0.352 e. The number of nitrogens with one attached hydrogen (secondary N) is 2. The predicted octanol–water partition coefficient (Wildman–Crippen LogP) is 4.45. The third kappa shape index (κ3) is 6.48. The van der Waals surface area contributed by atoms with Crippen LogP contribution in [0.25, 0.3) is 11.5 Å². The number of aryl methyl sites for hydroxylation is 1. The third-order valence-electron chi connectivity index (χ3n) is 4.25. The van der Waals surface area contributed by atoms with Crippen LogP contribution in [0.2, 0.25) is 0 Å². The van der Waals surface area contributed by atoms with E-state index in [1.807, 2.05) is 24.3 Å².